The van der Waals surface area contributed by atoms with Crippen molar-refractivity contribution in [1.82, 2.24) is 0 Å². The van der Waals surface area contributed by atoms with Gasteiger partial charge in [0.25, 0.3) is 0 Å². The maximum Gasteiger partial charge on any atom is 0.0920 e. The molecule has 1 nitrogen and oxygen atoms in total. The molecule has 1 aliphatic carbocycles. The minimum Gasteiger partial charge on any atom is -0.498 e. The van der Waals surface area contributed by atoms with E-state index >= 15 is 0 Å². The molecule has 0 fully saturated rings. The van der Waals surface area contributed by atoms with Crippen molar-refractivity contribution in [2.24, 2.45) is 5.92 Å². The van der Waals surface area contributed by atoms with Crippen LogP contribution in [0.3, 0.4) is 0 Å². The van der Waals surface area contributed by atoms with Crippen LogP contribution in [0.5, 0.6) is 0 Å². The van der Waals surface area contributed by atoms with E-state index in [1.165, 1.54) is 18.6 Å². The summed E-state index contributed by atoms with van der Waals surface area (Å²) in [6.07, 6.45) is 7.03. The van der Waals surface area contributed by atoms with Gasteiger partial charge in [-0.15, -0.1) is 0 Å². The van der Waals surface area contributed by atoms with Crippen LogP contribution in [0.15, 0.2) is 11.8 Å². The summed E-state index contributed by atoms with van der Waals surface area (Å²) in [6, 6.07) is 0. The van der Waals surface area contributed by atoms with Crippen LogP contribution in [-0.4, -0.2) is 6.61 Å². The number of allylic oxidation sites excluding steroid dienone is 2. The van der Waals surface area contributed by atoms with Crippen molar-refractivity contribution in [2.45, 2.75) is 39.5 Å². The zero-order chi connectivity index (χ0) is 8.10. The standard InChI is InChI=1S/C10H18O/c1-3-8-11-10-6-4-9(2)5-7-10/h6,9H,3-5,7-8H2,1-2H3/t9-/m1/s1. The van der Waals surface area contributed by atoms with Gasteiger partial charge in [0.15, 0.2) is 0 Å². The van der Waals surface area contributed by atoms with Crippen LogP contribution in [0, 0.1) is 5.92 Å². The van der Waals surface area contributed by atoms with Gasteiger partial charge in [-0.25, -0.2) is 0 Å². The molecular formula is C10H18O. The van der Waals surface area contributed by atoms with Gasteiger partial charge in [0.2, 0.25) is 0 Å². The van der Waals surface area contributed by atoms with Gasteiger partial charge in [-0.05, 0) is 31.3 Å². The number of hydrogen-bond donors (Lipinski definition) is 0. The Labute approximate surface area is 69.4 Å². The van der Waals surface area contributed by atoms with E-state index in [-0.39, 0.29) is 0 Å². The minimum absolute atomic E-state index is 0.865. The number of hydrogen-bond acceptors (Lipinski definition) is 1. The SMILES string of the molecule is CCCOC1=CC[C@@H](C)CC1. The normalized spacial score (nSPS) is 24.5. The topological polar surface area (TPSA) is 9.23 Å². The highest BCUT2D eigenvalue weighted by Crippen LogP contribution is 2.23. The molecule has 1 aliphatic rings. The molecule has 0 heterocycles. The lowest BCUT2D eigenvalue weighted by Gasteiger charge is -2.18. The number of ether oxygens (including phenoxy) is 1. The summed E-state index contributed by atoms with van der Waals surface area (Å²) >= 11 is 0. The molecule has 0 aromatic rings. The third kappa shape index (κ3) is 2.96. The third-order valence-electron chi connectivity index (χ3n) is 2.12. The summed E-state index contributed by atoms with van der Waals surface area (Å²) in [4.78, 5) is 0. The van der Waals surface area contributed by atoms with E-state index in [0.29, 0.717) is 0 Å². The van der Waals surface area contributed by atoms with Crippen LogP contribution in [0.4, 0.5) is 0 Å². The minimum atomic E-state index is 0.865. The maximum absolute atomic E-state index is 5.54. The van der Waals surface area contributed by atoms with Crippen molar-refractivity contribution in [1.29, 1.82) is 0 Å². The van der Waals surface area contributed by atoms with E-state index in [2.05, 4.69) is 19.9 Å². The van der Waals surface area contributed by atoms with Crippen molar-refractivity contribution in [3.05, 3.63) is 11.8 Å². The van der Waals surface area contributed by atoms with Crippen molar-refractivity contribution in [2.75, 3.05) is 6.61 Å². The van der Waals surface area contributed by atoms with Gasteiger partial charge < -0.3 is 4.74 Å². The van der Waals surface area contributed by atoms with Gasteiger partial charge in [0.05, 0.1) is 12.4 Å². The first-order chi connectivity index (χ1) is 5.33. The molecule has 11 heavy (non-hydrogen) atoms. The van der Waals surface area contributed by atoms with Gasteiger partial charge in [0, 0.05) is 6.42 Å². The second kappa shape index (κ2) is 4.42. The molecular weight excluding hydrogens is 136 g/mol. The molecule has 0 bridgehead atoms. The van der Waals surface area contributed by atoms with Crippen LogP contribution in [0.1, 0.15) is 39.5 Å². The highest BCUT2D eigenvalue weighted by molar-refractivity contribution is 4.98. The third-order valence-corrected chi connectivity index (χ3v) is 2.12. The maximum atomic E-state index is 5.54. The van der Waals surface area contributed by atoms with Crippen molar-refractivity contribution < 1.29 is 4.74 Å². The molecule has 0 aromatic carbocycles. The largest absolute Gasteiger partial charge is 0.498 e. The van der Waals surface area contributed by atoms with Crippen LogP contribution in [0.2, 0.25) is 0 Å². The Hall–Kier alpha value is -0.460. The Morgan fingerprint density at radius 1 is 1.64 bits per heavy atom. The lowest BCUT2D eigenvalue weighted by atomic mass is 9.95. The van der Waals surface area contributed by atoms with E-state index in [4.69, 9.17) is 4.74 Å². The first-order valence-corrected chi connectivity index (χ1v) is 4.64. The lowest BCUT2D eigenvalue weighted by molar-refractivity contribution is 0.190. The molecule has 64 valence electrons. The smallest absolute Gasteiger partial charge is 0.0920 e. The Morgan fingerprint density at radius 2 is 2.45 bits per heavy atom. The number of rotatable bonds is 3. The van der Waals surface area contributed by atoms with E-state index in [1.807, 2.05) is 0 Å². The van der Waals surface area contributed by atoms with E-state index in [1.54, 1.807) is 0 Å². The van der Waals surface area contributed by atoms with Gasteiger partial charge >= 0.3 is 0 Å². The summed E-state index contributed by atoms with van der Waals surface area (Å²) in [5.41, 5.74) is 0. The van der Waals surface area contributed by atoms with Crippen LogP contribution >= 0.6 is 0 Å². The molecule has 0 aliphatic heterocycles. The monoisotopic (exact) mass is 154 g/mol. The summed E-state index contributed by atoms with van der Waals surface area (Å²) in [5.74, 6) is 2.09. The molecule has 1 atom stereocenters. The highest BCUT2D eigenvalue weighted by atomic mass is 16.5. The fourth-order valence-corrected chi connectivity index (χ4v) is 1.31. The molecule has 0 unspecified atom stereocenters. The fourth-order valence-electron chi connectivity index (χ4n) is 1.31. The predicted octanol–water partition coefficient (Wildman–Crippen LogP) is 3.12. The van der Waals surface area contributed by atoms with Crippen LogP contribution in [0.25, 0.3) is 0 Å². The van der Waals surface area contributed by atoms with E-state index < -0.39 is 0 Å². The Balaban J connectivity index is 2.24. The van der Waals surface area contributed by atoms with Gasteiger partial charge in [-0.2, -0.15) is 0 Å². The molecule has 0 spiro atoms. The van der Waals surface area contributed by atoms with Crippen molar-refractivity contribution >= 4 is 0 Å². The van der Waals surface area contributed by atoms with E-state index in [9.17, 15) is 0 Å². The summed E-state index contributed by atoms with van der Waals surface area (Å²) in [5, 5.41) is 0. The first-order valence-electron chi connectivity index (χ1n) is 4.64. The molecule has 1 heteroatoms. The molecule has 0 aromatic heterocycles. The average Bonchev–Trinajstić information content (AvgIpc) is 2.04. The van der Waals surface area contributed by atoms with Crippen molar-refractivity contribution in [3.8, 4) is 0 Å². The van der Waals surface area contributed by atoms with Crippen LogP contribution < -0.4 is 0 Å². The van der Waals surface area contributed by atoms with Gasteiger partial charge in [-0.1, -0.05) is 13.8 Å². The Bertz CT molecular complexity index is 138. The predicted molar refractivity (Wildman–Crippen MR) is 47.3 cm³/mol. The van der Waals surface area contributed by atoms with Gasteiger partial charge in [0.1, 0.15) is 0 Å². The Morgan fingerprint density at radius 3 is 3.00 bits per heavy atom. The van der Waals surface area contributed by atoms with Crippen molar-refractivity contribution in [3.63, 3.8) is 0 Å². The average molecular weight is 154 g/mol. The Kier molecular flexibility index (Phi) is 3.47. The molecule has 0 amide bonds. The summed E-state index contributed by atoms with van der Waals surface area (Å²) in [6.45, 7) is 5.33. The fraction of sp³-hybridized carbons (Fsp3) is 0.800. The zero-order valence-corrected chi connectivity index (χ0v) is 7.60. The first kappa shape index (κ1) is 8.63. The van der Waals surface area contributed by atoms with Crippen LogP contribution in [-0.2, 0) is 4.74 Å². The second-order valence-electron chi connectivity index (χ2n) is 3.40. The van der Waals surface area contributed by atoms with E-state index in [0.717, 1.165) is 25.4 Å². The molecule has 0 saturated heterocycles. The quantitative estimate of drug-likeness (QED) is 0.607. The molecule has 0 saturated carbocycles. The molecule has 1 rings (SSSR count). The second-order valence-corrected chi connectivity index (χ2v) is 3.40. The molecule has 0 radical (unpaired) electrons. The molecule has 0 N–H and O–H groups in total. The highest BCUT2D eigenvalue weighted by Gasteiger charge is 2.09. The summed E-state index contributed by atoms with van der Waals surface area (Å²) in [7, 11) is 0. The lowest BCUT2D eigenvalue weighted by Crippen LogP contribution is -2.04. The zero-order valence-electron chi connectivity index (χ0n) is 7.60. The summed E-state index contributed by atoms with van der Waals surface area (Å²) < 4.78 is 5.54. The van der Waals surface area contributed by atoms with Gasteiger partial charge in [-0.3, -0.25) is 0 Å².